The molecule has 1 saturated carbocycles. The first-order valence-electron chi connectivity index (χ1n) is 8.69. The molecule has 1 aliphatic carbocycles. The number of thioether (sulfide) groups is 1. The zero-order valence-corrected chi connectivity index (χ0v) is 15.0. The molecule has 138 valence electrons. The minimum absolute atomic E-state index is 0.134. The van der Waals surface area contributed by atoms with Crippen molar-refractivity contribution in [2.45, 2.75) is 38.5 Å². The van der Waals surface area contributed by atoms with Crippen LogP contribution < -0.4 is 10.1 Å². The molecule has 3 rings (SSSR count). The highest BCUT2D eigenvalue weighted by Gasteiger charge is 2.26. The normalized spacial score (nSPS) is 19.6. The Hall–Kier alpha value is -2.35. The number of benzene rings is 1. The molecule has 1 N–H and O–H groups in total. The summed E-state index contributed by atoms with van der Waals surface area (Å²) in [5, 5.41) is 12.9. The Kier molecular flexibility index (Phi) is 5.92. The number of nitro benzene ring substituents is 1. The molecule has 1 heterocycles. The van der Waals surface area contributed by atoms with Crippen LogP contribution in [0, 0.1) is 16.0 Å². The van der Waals surface area contributed by atoms with E-state index in [2.05, 4.69) is 5.32 Å². The van der Waals surface area contributed by atoms with E-state index < -0.39 is 16.1 Å². The molecule has 8 heteroatoms. The molecular formula is C18H20N2O5S. The largest absolute Gasteiger partial charge is 0.494 e. The van der Waals surface area contributed by atoms with Gasteiger partial charge in [-0.1, -0.05) is 32.1 Å². The molecule has 0 aromatic heterocycles. The molecule has 0 atom stereocenters. The molecule has 0 unspecified atom stereocenters. The average molecular weight is 376 g/mol. The number of carbonyl (C=O) groups is 2. The fourth-order valence-electron chi connectivity index (χ4n) is 3.29. The van der Waals surface area contributed by atoms with Crippen molar-refractivity contribution in [1.82, 2.24) is 5.32 Å². The van der Waals surface area contributed by atoms with Gasteiger partial charge in [-0.2, -0.15) is 0 Å². The van der Waals surface area contributed by atoms with Crippen LogP contribution in [0.15, 0.2) is 23.1 Å². The topological polar surface area (TPSA) is 98.5 Å². The van der Waals surface area contributed by atoms with E-state index in [1.807, 2.05) is 0 Å². The second-order valence-electron chi connectivity index (χ2n) is 6.47. The predicted octanol–water partition coefficient (Wildman–Crippen LogP) is 4.27. The quantitative estimate of drug-likeness (QED) is 0.452. The van der Waals surface area contributed by atoms with Crippen molar-refractivity contribution >= 4 is 34.7 Å². The molecule has 0 bridgehead atoms. The smallest absolute Gasteiger partial charge is 0.290 e. The summed E-state index contributed by atoms with van der Waals surface area (Å²) < 4.78 is 5.77. The number of ether oxygens (including phenoxy) is 1. The molecule has 1 aromatic rings. The van der Waals surface area contributed by atoms with Crippen LogP contribution in [0.4, 0.5) is 10.5 Å². The molecule has 1 aromatic carbocycles. The number of nitro groups is 1. The number of rotatable bonds is 6. The summed E-state index contributed by atoms with van der Waals surface area (Å²) in [6, 6.07) is 4.47. The van der Waals surface area contributed by atoms with E-state index in [0.717, 1.165) is 18.2 Å². The monoisotopic (exact) mass is 376 g/mol. The SMILES string of the molecule is O=C1NC(=O)/C(=C/c2cc(OCCC3CCCCC3)ccc2[N+](=O)[O-])S1. The van der Waals surface area contributed by atoms with Crippen molar-refractivity contribution in [3.63, 3.8) is 0 Å². The molecular weight excluding hydrogens is 356 g/mol. The summed E-state index contributed by atoms with van der Waals surface area (Å²) in [6.45, 7) is 0.562. The van der Waals surface area contributed by atoms with Gasteiger partial charge < -0.3 is 4.74 Å². The molecule has 0 spiro atoms. The highest BCUT2D eigenvalue weighted by molar-refractivity contribution is 8.18. The van der Waals surface area contributed by atoms with Gasteiger partial charge in [0.05, 0.1) is 22.0 Å². The number of nitrogens with one attached hydrogen (secondary N) is 1. The van der Waals surface area contributed by atoms with E-state index in [1.54, 1.807) is 12.1 Å². The maximum atomic E-state index is 11.7. The number of carbonyl (C=O) groups excluding carboxylic acids is 2. The summed E-state index contributed by atoms with van der Waals surface area (Å²) in [6.07, 6.45) is 8.67. The second-order valence-corrected chi connectivity index (χ2v) is 7.49. The Labute approximate surface area is 155 Å². The van der Waals surface area contributed by atoms with Crippen molar-refractivity contribution in [2.24, 2.45) is 5.92 Å². The summed E-state index contributed by atoms with van der Waals surface area (Å²) in [4.78, 5) is 33.8. The molecule has 0 radical (unpaired) electrons. The highest BCUT2D eigenvalue weighted by atomic mass is 32.2. The van der Waals surface area contributed by atoms with Crippen LogP contribution >= 0.6 is 11.8 Å². The van der Waals surface area contributed by atoms with E-state index in [-0.39, 0.29) is 16.2 Å². The summed E-state index contributed by atoms with van der Waals surface area (Å²) in [5.74, 6) is 0.666. The van der Waals surface area contributed by atoms with Crippen LogP contribution in [0.5, 0.6) is 5.75 Å². The lowest BCUT2D eigenvalue weighted by atomic mass is 9.87. The van der Waals surface area contributed by atoms with Gasteiger partial charge in [0.2, 0.25) is 0 Å². The molecule has 7 nitrogen and oxygen atoms in total. The van der Waals surface area contributed by atoms with Gasteiger partial charge in [-0.05, 0) is 42.3 Å². The van der Waals surface area contributed by atoms with E-state index in [0.29, 0.717) is 18.3 Å². The third-order valence-electron chi connectivity index (χ3n) is 4.64. The fraction of sp³-hybridized carbons (Fsp3) is 0.444. The average Bonchev–Trinajstić information content (AvgIpc) is 2.93. The zero-order valence-electron chi connectivity index (χ0n) is 14.2. The lowest BCUT2D eigenvalue weighted by Crippen LogP contribution is -2.17. The lowest BCUT2D eigenvalue weighted by Gasteiger charge is -2.21. The van der Waals surface area contributed by atoms with Gasteiger partial charge >= 0.3 is 0 Å². The first-order valence-corrected chi connectivity index (χ1v) is 9.50. The number of nitrogens with zero attached hydrogens (tertiary/aromatic N) is 1. The first kappa shape index (κ1) is 18.4. The third-order valence-corrected chi connectivity index (χ3v) is 5.45. The first-order chi connectivity index (χ1) is 12.5. The van der Waals surface area contributed by atoms with Gasteiger partial charge in [0.1, 0.15) is 5.75 Å². The minimum Gasteiger partial charge on any atom is -0.494 e. The van der Waals surface area contributed by atoms with Crippen molar-refractivity contribution < 1.29 is 19.2 Å². The van der Waals surface area contributed by atoms with Crippen molar-refractivity contribution in [2.75, 3.05) is 6.61 Å². The maximum Gasteiger partial charge on any atom is 0.290 e. The van der Waals surface area contributed by atoms with Crippen LogP contribution in [0.25, 0.3) is 6.08 Å². The summed E-state index contributed by atoms with van der Waals surface area (Å²) in [7, 11) is 0. The van der Waals surface area contributed by atoms with Crippen LogP contribution in [0.1, 0.15) is 44.1 Å². The van der Waals surface area contributed by atoms with Crippen LogP contribution in [-0.2, 0) is 4.79 Å². The van der Waals surface area contributed by atoms with E-state index in [1.165, 1.54) is 44.2 Å². The summed E-state index contributed by atoms with van der Waals surface area (Å²) >= 11 is 0.730. The number of hydrogen-bond acceptors (Lipinski definition) is 6. The van der Waals surface area contributed by atoms with E-state index in [9.17, 15) is 19.7 Å². The number of amides is 2. The number of imide groups is 1. The molecule has 1 saturated heterocycles. The Balaban J connectivity index is 1.71. The third kappa shape index (κ3) is 4.63. The van der Waals surface area contributed by atoms with Crippen LogP contribution in [0.3, 0.4) is 0 Å². The Morgan fingerprint density at radius 3 is 2.69 bits per heavy atom. The minimum atomic E-state index is -0.544. The maximum absolute atomic E-state index is 11.7. The van der Waals surface area contributed by atoms with Gasteiger partial charge in [0, 0.05) is 6.07 Å². The van der Waals surface area contributed by atoms with E-state index in [4.69, 9.17) is 4.74 Å². The summed E-state index contributed by atoms with van der Waals surface area (Å²) in [5.41, 5.74) is 0.113. The fourth-order valence-corrected chi connectivity index (χ4v) is 3.96. The predicted molar refractivity (Wildman–Crippen MR) is 98.9 cm³/mol. The molecule has 2 fully saturated rings. The van der Waals surface area contributed by atoms with Gasteiger partial charge in [-0.15, -0.1) is 0 Å². The molecule has 26 heavy (non-hydrogen) atoms. The van der Waals surface area contributed by atoms with E-state index >= 15 is 0 Å². The second kappa shape index (κ2) is 8.35. The van der Waals surface area contributed by atoms with Gasteiger partial charge in [-0.25, -0.2) is 0 Å². The van der Waals surface area contributed by atoms with Gasteiger partial charge in [0.25, 0.3) is 16.8 Å². The lowest BCUT2D eigenvalue weighted by molar-refractivity contribution is -0.385. The molecule has 2 aliphatic rings. The zero-order chi connectivity index (χ0) is 18.5. The van der Waals surface area contributed by atoms with Crippen molar-refractivity contribution in [3.8, 4) is 5.75 Å². The van der Waals surface area contributed by atoms with Crippen molar-refractivity contribution in [3.05, 3.63) is 38.8 Å². The molecule has 1 aliphatic heterocycles. The molecule has 2 amide bonds. The standard InChI is InChI=1S/C18H20N2O5S/c21-17-16(26-18(22)19-17)11-13-10-14(6-7-15(13)20(23)24)25-9-8-12-4-2-1-3-5-12/h6-7,10-12H,1-5,8-9H2,(H,19,21,22)/b16-11-. The Bertz CT molecular complexity index is 756. The van der Waals surface area contributed by atoms with Crippen LogP contribution in [0.2, 0.25) is 0 Å². The van der Waals surface area contributed by atoms with Crippen molar-refractivity contribution in [1.29, 1.82) is 0 Å². The van der Waals surface area contributed by atoms with Gasteiger partial charge in [0.15, 0.2) is 0 Å². The van der Waals surface area contributed by atoms with Gasteiger partial charge in [-0.3, -0.25) is 25.0 Å². The highest BCUT2D eigenvalue weighted by Crippen LogP contribution is 2.32. The number of hydrogen-bond donors (Lipinski definition) is 1. The Morgan fingerprint density at radius 1 is 1.27 bits per heavy atom. The van der Waals surface area contributed by atoms with Crippen LogP contribution in [-0.4, -0.2) is 22.7 Å². The Morgan fingerprint density at radius 2 is 2.04 bits per heavy atom.